The van der Waals surface area contributed by atoms with Crippen molar-refractivity contribution in [2.24, 2.45) is 0 Å². The third-order valence-corrected chi connectivity index (χ3v) is 4.45. The number of aromatic amines is 1. The molecule has 1 heterocycles. The number of H-pyrrole nitrogens is 1. The average molecular weight is 325 g/mol. The van der Waals surface area contributed by atoms with Gasteiger partial charge in [0.25, 0.3) is 0 Å². The van der Waals surface area contributed by atoms with E-state index in [1.54, 1.807) is 0 Å². The Morgan fingerprint density at radius 2 is 2.09 bits per heavy atom. The van der Waals surface area contributed by atoms with Gasteiger partial charge < -0.3 is 10.7 Å². The molecule has 118 valence electrons. The first-order chi connectivity index (χ1) is 11.2. The van der Waals surface area contributed by atoms with Crippen molar-refractivity contribution >= 4 is 32.8 Å². The molecule has 3 rings (SSSR count). The summed E-state index contributed by atoms with van der Waals surface area (Å²) in [7, 11) is 0. The van der Waals surface area contributed by atoms with Crippen LogP contribution in [-0.2, 0) is 17.7 Å². The summed E-state index contributed by atoms with van der Waals surface area (Å²) in [5.74, 6) is 0.575. The molecule has 3 aromatic rings. The highest BCUT2D eigenvalue weighted by atomic mass is 32.1. The maximum Gasteiger partial charge on any atom is 0.152 e. The summed E-state index contributed by atoms with van der Waals surface area (Å²) >= 11 is 0.431. The molecule has 0 radical (unpaired) electrons. The van der Waals surface area contributed by atoms with Crippen LogP contribution in [0, 0.1) is 0 Å². The summed E-state index contributed by atoms with van der Waals surface area (Å²) in [6.45, 7) is 2.16. The third kappa shape index (κ3) is 3.19. The van der Waals surface area contributed by atoms with E-state index >= 15 is 0 Å². The standard InChI is InChI=1S/C18H19N3OS/c1-2-3-6-12-9-10-14(19)13(11-12)17(23-22)18-20-15-7-4-5-8-16(15)21-18/h4-5,7-11H,2-3,6,19H2,1H3,(H,20,21). The minimum Gasteiger partial charge on any atom is -0.398 e. The first kappa shape index (κ1) is 15.5. The van der Waals surface area contributed by atoms with Crippen LogP contribution in [0.3, 0.4) is 0 Å². The molecule has 2 aromatic carbocycles. The molecule has 23 heavy (non-hydrogen) atoms. The van der Waals surface area contributed by atoms with Gasteiger partial charge in [-0.3, -0.25) is 0 Å². The van der Waals surface area contributed by atoms with Crippen LogP contribution in [0.1, 0.15) is 36.7 Å². The van der Waals surface area contributed by atoms with E-state index in [0.717, 1.165) is 35.9 Å². The number of nitrogens with two attached hydrogens (primary N) is 1. The monoisotopic (exact) mass is 325 g/mol. The van der Waals surface area contributed by atoms with E-state index < -0.39 is 0 Å². The van der Waals surface area contributed by atoms with Gasteiger partial charge in [-0.25, -0.2) is 9.19 Å². The molecule has 1 aromatic heterocycles. The second-order valence-corrected chi connectivity index (χ2v) is 6.12. The quantitative estimate of drug-likeness (QED) is 0.429. The Morgan fingerprint density at radius 1 is 1.26 bits per heavy atom. The van der Waals surface area contributed by atoms with Crippen LogP contribution in [0.2, 0.25) is 0 Å². The fourth-order valence-corrected chi connectivity index (χ4v) is 3.05. The van der Waals surface area contributed by atoms with Gasteiger partial charge in [-0.2, -0.15) is 0 Å². The molecule has 0 atom stereocenters. The van der Waals surface area contributed by atoms with Gasteiger partial charge in [-0.05, 0) is 42.7 Å². The largest absolute Gasteiger partial charge is 0.398 e. The molecule has 0 saturated carbocycles. The lowest BCUT2D eigenvalue weighted by atomic mass is 10.0. The number of rotatable bonds is 5. The molecular weight excluding hydrogens is 306 g/mol. The van der Waals surface area contributed by atoms with Crippen LogP contribution in [-0.4, -0.2) is 19.0 Å². The molecule has 0 aliphatic carbocycles. The Bertz CT molecular complexity index is 861. The van der Waals surface area contributed by atoms with E-state index in [9.17, 15) is 4.21 Å². The Kier molecular flexibility index (Phi) is 4.57. The number of hydrogen-bond acceptors (Lipinski definition) is 3. The summed E-state index contributed by atoms with van der Waals surface area (Å²) in [6.07, 6.45) is 3.24. The van der Waals surface area contributed by atoms with Crippen molar-refractivity contribution in [3.05, 3.63) is 59.4 Å². The number of unbranched alkanes of at least 4 members (excludes halogenated alkanes) is 1. The van der Waals surface area contributed by atoms with Gasteiger partial charge in [0.05, 0.1) is 11.0 Å². The molecule has 3 N–H and O–H groups in total. The van der Waals surface area contributed by atoms with E-state index in [-0.39, 0.29) is 0 Å². The fourth-order valence-electron chi connectivity index (χ4n) is 2.61. The van der Waals surface area contributed by atoms with Gasteiger partial charge in [0.1, 0.15) is 16.1 Å². The van der Waals surface area contributed by atoms with Crippen LogP contribution in [0.25, 0.3) is 11.0 Å². The summed E-state index contributed by atoms with van der Waals surface area (Å²) in [5.41, 5.74) is 10.4. The van der Waals surface area contributed by atoms with Crippen molar-refractivity contribution in [3.63, 3.8) is 0 Å². The first-order valence-corrected chi connectivity index (χ1v) is 8.47. The Balaban J connectivity index is 2.05. The fraction of sp³-hybridized carbons (Fsp3) is 0.222. The van der Waals surface area contributed by atoms with Crippen LogP contribution in [0.4, 0.5) is 5.69 Å². The Morgan fingerprint density at radius 3 is 2.83 bits per heavy atom. The summed E-state index contributed by atoms with van der Waals surface area (Å²) in [4.78, 5) is 8.27. The van der Waals surface area contributed by atoms with Crippen LogP contribution < -0.4 is 5.73 Å². The van der Waals surface area contributed by atoms with Gasteiger partial charge in [0.2, 0.25) is 0 Å². The van der Waals surface area contributed by atoms with E-state index in [2.05, 4.69) is 16.9 Å². The molecule has 5 heteroatoms. The zero-order valence-electron chi connectivity index (χ0n) is 13.0. The van der Waals surface area contributed by atoms with Crippen molar-refractivity contribution in [1.82, 2.24) is 9.97 Å². The maximum atomic E-state index is 11.7. The summed E-state index contributed by atoms with van der Waals surface area (Å²) < 4.78 is 11.7. The topological polar surface area (TPSA) is 71.8 Å². The highest BCUT2D eigenvalue weighted by Gasteiger charge is 2.15. The van der Waals surface area contributed by atoms with Crippen molar-refractivity contribution in [2.75, 3.05) is 5.73 Å². The molecule has 0 aliphatic rings. The number of anilines is 1. The SMILES string of the molecule is CCCCc1ccc(N)c(C(=S=O)c2nc3ccccc3[nH]2)c1. The number of nitrogens with zero attached hydrogens (tertiary/aromatic N) is 1. The van der Waals surface area contributed by atoms with Crippen LogP contribution in [0.5, 0.6) is 0 Å². The number of nitrogens with one attached hydrogen (secondary N) is 1. The van der Waals surface area contributed by atoms with Crippen molar-refractivity contribution in [2.45, 2.75) is 26.2 Å². The van der Waals surface area contributed by atoms with Gasteiger partial charge in [-0.15, -0.1) is 0 Å². The van der Waals surface area contributed by atoms with Gasteiger partial charge in [0, 0.05) is 11.3 Å². The molecule has 0 spiro atoms. The van der Waals surface area contributed by atoms with E-state index in [1.807, 2.05) is 42.5 Å². The predicted octanol–water partition coefficient (Wildman–Crippen LogP) is 3.27. The average Bonchev–Trinajstić information content (AvgIpc) is 2.99. The minimum atomic E-state index is 0.431. The first-order valence-electron chi connectivity index (χ1n) is 7.73. The number of nitrogen functional groups attached to an aromatic ring is 1. The number of aryl methyl sites for hydroxylation is 1. The van der Waals surface area contributed by atoms with E-state index in [4.69, 9.17) is 5.73 Å². The zero-order valence-corrected chi connectivity index (χ0v) is 13.8. The lowest BCUT2D eigenvalue weighted by molar-refractivity contribution is 0.701. The Labute approximate surface area is 138 Å². The minimum absolute atomic E-state index is 0.431. The molecule has 0 amide bonds. The Hall–Kier alpha value is -2.40. The van der Waals surface area contributed by atoms with Crippen molar-refractivity contribution in [1.29, 1.82) is 0 Å². The number of imidazole rings is 1. The van der Waals surface area contributed by atoms with Crippen LogP contribution >= 0.6 is 0 Å². The zero-order chi connectivity index (χ0) is 16.2. The second-order valence-electron chi connectivity index (χ2n) is 5.54. The third-order valence-electron chi connectivity index (χ3n) is 3.87. The number of aromatic nitrogens is 2. The number of hydrogen-bond donors (Lipinski definition) is 2. The molecular formula is C18H19N3OS. The van der Waals surface area contributed by atoms with E-state index in [0.29, 0.717) is 27.6 Å². The molecule has 0 aliphatic heterocycles. The van der Waals surface area contributed by atoms with Crippen molar-refractivity contribution < 1.29 is 4.21 Å². The molecule has 0 saturated heterocycles. The van der Waals surface area contributed by atoms with Gasteiger partial charge >= 0.3 is 0 Å². The molecule has 0 unspecified atom stereocenters. The summed E-state index contributed by atoms with van der Waals surface area (Å²) in [6, 6.07) is 13.6. The molecule has 4 nitrogen and oxygen atoms in total. The van der Waals surface area contributed by atoms with Gasteiger partial charge in [0.15, 0.2) is 5.82 Å². The maximum absolute atomic E-state index is 11.7. The molecule has 0 fully saturated rings. The van der Waals surface area contributed by atoms with Gasteiger partial charge in [-0.1, -0.05) is 31.5 Å². The van der Waals surface area contributed by atoms with Crippen LogP contribution in [0.15, 0.2) is 42.5 Å². The smallest absolute Gasteiger partial charge is 0.152 e. The lowest BCUT2D eigenvalue weighted by Crippen LogP contribution is -2.09. The second kappa shape index (κ2) is 6.79. The van der Waals surface area contributed by atoms with Crippen molar-refractivity contribution in [3.8, 4) is 0 Å². The lowest BCUT2D eigenvalue weighted by Gasteiger charge is -2.08. The number of benzene rings is 2. The number of para-hydroxylation sites is 2. The highest BCUT2D eigenvalue weighted by Crippen LogP contribution is 2.20. The predicted molar refractivity (Wildman–Crippen MR) is 96.9 cm³/mol. The number of fused-ring (bicyclic) bond motifs is 1. The highest BCUT2D eigenvalue weighted by molar-refractivity contribution is 7.67. The summed E-state index contributed by atoms with van der Waals surface area (Å²) in [5, 5.41) is 0. The normalized spacial score (nSPS) is 10.8. The molecule has 0 bridgehead atoms. The van der Waals surface area contributed by atoms with E-state index in [1.165, 1.54) is 5.56 Å².